The van der Waals surface area contributed by atoms with E-state index in [1.165, 1.54) is 24.6 Å². The largest absolute Gasteiger partial charge is 0.506 e. The molecule has 2 aromatic carbocycles. The molecule has 0 aliphatic carbocycles. The van der Waals surface area contributed by atoms with Crippen LogP contribution in [0.3, 0.4) is 0 Å². The van der Waals surface area contributed by atoms with Crippen LogP contribution in [-0.2, 0) is 9.59 Å². The second kappa shape index (κ2) is 12.5. The Morgan fingerprint density at radius 3 is 2.25 bits per heavy atom. The highest BCUT2D eigenvalue weighted by molar-refractivity contribution is 5.92. The number of nitrogens with one attached hydrogen (secondary N) is 2. The summed E-state index contributed by atoms with van der Waals surface area (Å²) in [5.74, 6) is -0.159. The van der Waals surface area contributed by atoms with E-state index in [1.54, 1.807) is 24.4 Å². The third kappa shape index (κ3) is 7.72. The lowest BCUT2D eigenvalue weighted by molar-refractivity contribution is -0.121. The molecule has 1 aliphatic heterocycles. The Balaban J connectivity index is 1.24. The molecule has 0 saturated carbocycles. The van der Waals surface area contributed by atoms with Crippen molar-refractivity contribution in [3.63, 3.8) is 0 Å². The Morgan fingerprint density at radius 1 is 0.906 bits per heavy atom. The zero-order valence-corrected chi connectivity index (χ0v) is 18.4. The summed E-state index contributed by atoms with van der Waals surface area (Å²) in [5.41, 5.74) is 5.19. The van der Waals surface area contributed by atoms with E-state index in [0.717, 1.165) is 44.3 Å². The topological polar surface area (TPSA) is 94.0 Å². The van der Waals surface area contributed by atoms with Gasteiger partial charge in [0.15, 0.2) is 0 Å². The van der Waals surface area contributed by atoms with E-state index >= 15 is 0 Å². The number of unbranched alkanes of at least 4 members (excludes halogenated alkanes) is 3. The fourth-order valence-corrected chi connectivity index (χ4v) is 3.70. The number of hydrogen-bond donors (Lipinski definition) is 3. The van der Waals surface area contributed by atoms with Crippen molar-refractivity contribution in [3.05, 3.63) is 54.1 Å². The maximum atomic E-state index is 11.9. The highest BCUT2D eigenvalue weighted by atomic mass is 16.3. The summed E-state index contributed by atoms with van der Waals surface area (Å²) in [6, 6.07) is 14.9. The predicted octanol–water partition coefficient (Wildman–Crippen LogP) is 4.42. The highest BCUT2D eigenvalue weighted by Crippen LogP contribution is 2.22. The van der Waals surface area contributed by atoms with Gasteiger partial charge in [-0.2, -0.15) is 5.10 Å². The summed E-state index contributed by atoms with van der Waals surface area (Å²) in [5, 5.41) is 16.4. The van der Waals surface area contributed by atoms with Crippen LogP contribution >= 0.6 is 0 Å². The fourth-order valence-electron chi connectivity index (χ4n) is 3.70. The molecule has 0 bridgehead atoms. The van der Waals surface area contributed by atoms with Crippen LogP contribution in [0.4, 0.5) is 11.4 Å². The number of para-hydroxylation sites is 2. The Bertz CT molecular complexity index is 906. The van der Waals surface area contributed by atoms with Gasteiger partial charge in [-0.25, -0.2) is 5.43 Å². The van der Waals surface area contributed by atoms with Crippen LogP contribution in [0.1, 0.15) is 56.9 Å². The van der Waals surface area contributed by atoms with Crippen LogP contribution in [0, 0.1) is 0 Å². The molecule has 1 heterocycles. The van der Waals surface area contributed by atoms with E-state index in [4.69, 9.17) is 0 Å². The van der Waals surface area contributed by atoms with Crippen LogP contribution in [0.2, 0.25) is 0 Å². The van der Waals surface area contributed by atoms with E-state index in [-0.39, 0.29) is 17.6 Å². The van der Waals surface area contributed by atoms with Gasteiger partial charge in [-0.15, -0.1) is 0 Å². The number of phenolic OH excluding ortho intramolecular Hbond substituents is 1. The average molecular weight is 437 g/mol. The molecule has 1 fully saturated rings. The Hall–Kier alpha value is -3.35. The minimum Gasteiger partial charge on any atom is -0.506 e. The Kier molecular flexibility index (Phi) is 9.10. The van der Waals surface area contributed by atoms with Crippen molar-refractivity contribution < 1.29 is 14.7 Å². The van der Waals surface area contributed by atoms with Gasteiger partial charge in [-0.3, -0.25) is 9.59 Å². The molecule has 3 rings (SSSR count). The summed E-state index contributed by atoms with van der Waals surface area (Å²) < 4.78 is 0. The lowest BCUT2D eigenvalue weighted by Crippen LogP contribution is -2.17. The maximum Gasteiger partial charge on any atom is 0.240 e. The van der Waals surface area contributed by atoms with E-state index in [1.807, 2.05) is 12.1 Å². The van der Waals surface area contributed by atoms with Crippen LogP contribution in [0.5, 0.6) is 5.75 Å². The van der Waals surface area contributed by atoms with E-state index in [2.05, 4.69) is 32.9 Å². The van der Waals surface area contributed by atoms with Crippen molar-refractivity contribution in [2.45, 2.75) is 51.4 Å². The zero-order chi connectivity index (χ0) is 22.6. The van der Waals surface area contributed by atoms with Crippen LogP contribution in [0.15, 0.2) is 53.6 Å². The molecule has 7 nitrogen and oxygen atoms in total. The summed E-state index contributed by atoms with van der Waals surface area (Å²) >= 11 is 0. The Morgan fingerprint density at radius 2 is 1.56 bits per heavy atom. The zero-order valence-electron chi connectivity index (χ0n) is 18.4. The molecule has 170 valence electrons. The molecule has 0 spiro atoms. The third-order valence-corrected chi connectivity index (χ3v) is 5.50. The molecular formula is C25H32N4O3. The maximum absolute atomic E-state index is 11.9. The number of phenols is 1. The summed E-state index contributed by atoms with van der Waals surface area (Å²) in [6.45, 7) is 2.24. The first-order valence-corrected chi connectivity index (χ1v) is 11.4. The number of hydrogen-bond acceptors (Lipinski definition) is 5. The Labute approximate surface area is 189 Å². The van der Waals surface area contributed by atoms with E-state index in [9.17, 15) is 14.7 Å². The van der Waals surface area contributed by atoms with Gasteiger partial charge in [0, 0.05) is 31.6 Å². The molecule has 0 aromatic heterocycles. The van der Waals surface area contributed by atoms with Gasteiger partial charge in [0.05, 0.1) is 11.9 Å². The van der Waals surface area contributed by atoms with Crippen LogP contribution in [-0.4, -0.2) is 36.2 Å². The number of carbonyl (C=O) groups excluding carboxylic acids is 2. The minimum atomic E-state index is -0.118. The SMILES string of the molecule is O=C(CCCCCCC(=O)Nc1ccccc1O)N/N=C/c1ccc(N2CCCC2)cc1. The quantitative estimate of drug-likeness (QED) is 0.210. The molecule has 1 aliphatic rings. The van der Waals surface area contributed by atoms with Gasteiger partial charge in [0.1, 0.15) is 5.75 Å². The molecule has 0 atom stereocenters. The normalized spacial score (nSPS) is 13.4. The third-order valence-electron chi connectivity index (χ3n) is 5.50. The second-order valence-corrected chi connectivity index (χ2v) is 8.06. The molecule has 32 heavy (non-hydrogen) atoms. The van der Waals surface area contributed by atoms with Crippen molar-refractivity contribution in [1.29, 1.82) is 0 Å². The molecule has 2 aromatic rings. The van der Waals surface area contributed by atoms with Crippen LogP contribution in [0.25, 0.3) is 0 Å². The number of amides is 2. The van der Waals surface area contributed by atoms with Crippen molar-refractivity contribution in [2.24, 2.45) is 5.10 Å². The van der Waals surface area contributed by atoms with E-state index < -0.39 is 0 Å². The van der Waals surface area contributed by atoms with Gasteiger partial charge in [0.2, 0.25) is 11.8 Å². The van der Waals surface area contributed by atoms with Gasteiger partial charge in [-0.05, 0) is 55.5 Å². The van der Waals surface area contributed by atoms with Crippen molar-refractivity contribution in [1.82, 2.24) is 5.43 Å². The van der Waals surface area contributed by atoms with Gasteiger partial charge in [0.25, 0.3) is 0 Å². The highest BCUT2D eigenvalue weighted by Gasteiger charge is 2.11. The van der Waals surface area contributed by atoms with Crippen LogP contribution < -0.4 is 15.6 Å². The molecule has 7 heteroatoms. The number of aromatic hydroxyl groups is 1. The van der Waals surface area contributed by atoms with Crippen molar-refractivity contribution in [2.75, 3.05) is 23.3 Å². The number of nitrogens with zero attached hydrogens (tertiary/aromatic N) is 2. The van der Waals surface area contributed by atoms with Gasteiger partial charge < -0.3 is 15.3 Å². The van der Waals surface area contributed by atoms with Crippen molar-refractivity contribution in [3.8, 4) is 5.75 Å². The van der Waals surface area contributed by atoms with Crippen molar-refractivity contribution >= 4 is 29.4 Å². The average Bonchev–Trinajstić information content (AvgIpc) is 3.33. The van der Waals surface area contributed by atoms with Gasteiger partial charge in [-0.1, -0.05) is 37.1 Å². The monoisotopic (exact) mass is 436 g/mol. The molecule has 0 unspecified atom stereocenters. The number of hydrazone groups is 1. The molecular weight excluding hydrogens is 404 g/mol. The number of carbonyl (C=O) groups is 2. The molecule has 0 radical (unpaired) electrons. The van der Waals surface area contributed by atoms with Gasteiger partial charge >= 0.3 is 0 Å². The summed E-state index contributed by atoms with van der Waals surface area (Å²) in [4.78, 5) is 26.2. The first kappa shape index (κ1) is 23.3. The minimum absolute atomic E-state index is 0.0635. The molecule has 1 saturated heterocycles. The first-order valence-electron chi connectivity index (χ1n) is 11.4. The predicted molar refractivity (Wildman–Crippen MR) is 128 cm³/mol. The number of anilines is 2. The first-order chi connectivity index (χ1) is 15.6. The fraction of sp³-hybridized carbons (Fsp3) is 0.400. The lowest BCUT2D eigenvalue weighted by atomic mass is 10.1. The second-order valence-electron chi connectivity index (χ2n) is 8.06. The number of benzene rings is 2. The number of rotatable bonds is 11. The lowest BCUT2D eigenvalue weighted by Gasteiger charge is -2.17. The molecule has 3 N–H and O–H groups in total. The smallest absolute Gasteiger partial charge is 0.240 e. The molecule has 2 amide bonds. The standard InChI is InChI=1S/C25H32N4O3/c30-23-10-6-5-9-22(23)27-24(31)11-3-1-2-4-12-25(32)28-26-19-20-13-15-21(16-14-20)29-17-7-8-18-29/h5-6,9-10,13-16,19,30H,1-4,7-8,11-12,17-18H2,(H,27,31)(H,28,32)/b26-19+. The summed E-state index contributed by atoms with van der Waals surface area (Å²) in [6.07, 6.45) is 8.21. The summed E-state index contributed by atoms with van der Waals surface area (Å²) in [7, 11) is 0. The van der Waals surface area contributed by atoms with E-state index in [0.29, 0.717) is 18.5 Å².